The van der Waals surface area contributed by atoms with Crippen molar-refractivity contribution in [3.05, 3.63) is 0 Å². The molecular weight excluding hydrogens is 208 g/mol. The lowest BCUT2D eigenvalue weighted by Gasteiger charge is -2.42. The Morgan fingerprint density at radius 3 is 2.47 bits per heavy atom. The molecule has 0 spiro atoms. The standard InChI is InChI=1S/C15H28N2/c1-2-12-3-7-14(8-4-12)17-10-9-16-15(11-17)13-5-6-13/h12-16H,2-11H2,1H3. The van der Waals surface area contributed by atoms with Crippen molar-refractivity contribution in [3.8, 4) is 0 Å². The van der Waals surface area contributed by atoms with Crippen LogP contribution in [0.2, 0.25) is 0 Å². The lowest BCUT2D eigenvalue weighted by Crippen LogP contribution is -2.55. The maximum Gasteiger partial charge on any atom is 0.0223 e. The van der Waals surface area contributed by atoms with E-state index in [9.17, 15) is 0 Å². The molecule has 0 aromatic heterocycles. The van der Waals surface area contributed by atoms with Crippen molar-refractivity contribution in [3.63, 3.8) is 0 Å². The zero-order valence-corrected chi connectivity index (χ0v) is 11.3. The first-order chi connectivity index (χ1) is 8.36. The molecule has 17 heavy (non-hydrogen) atoms. The van der Waals surface area contributed by atoms with Gasteiger partial charge in [0, 0.05) is 31.7 Å². The quantitative estimate of drug-likeness (QED) is 0.810. The SMILES string of the molecule is CCC1CCC(N2CCNC(C3CC3)C2)CC1. The Bertz CT molecular complexity index is 241. The van der Waals surface area contributed by atoms with Gasteiger partial charge in [-0.05, 0) is 50.4 Å². The molecule has 2 aliphatic carbocycles. The van der Waals surface area contributed by atoms with Crippen LogP contribution in [0.5, 0.6) is 0 Å². The third kappa shape index (κ3) is 2.85. The lowest BCUT2D eigenvalue weighted by atomic mass is 9.83. The highest BCUT2D eigenvalue weighted by Crippen LogP contribution is 2.35. The summed E-state index contributed by atoms with van der Waals surface area (Å²) in [6, 6.07) is 1.74. The summed E-state index contributed by atoms with van der Waals surface area (Å²) in [5.41, 5.74) is 0. The van der Waals surface area contributed by atoms with Gasteiger partial charge < -0.3 is 5.32 Å². The molecule has 2 nitrogen and oxygen atoms in total. The summed E-state index contributed by atoms with van der Waals surface area (Å²) in [6.45, 7) is 6.23. The molecule has 0 aromatic carbocycles. The highest BCUT2D eigenvalue weighted by atomic mass is 15.2. The second-order valence-corrected chi connectivity index (χ2v) is 6.48. The molecule has 1 aliphatic heterocycles. The smallest absolute Gasteiger partial charge is 0.0223 e. The number of piperazine rings is 1. The molecule has 1 saturated heterocycles. The minimum atomic E-state index is 0.827. The summed E-state index contributed by atoms with van der Waals surface area (Å²) in [7, 11) is 0. The third-order valence-electron chi connectivity index (χ3n) is 5.34. The molecule has 2 heteroatoms. The highest BCUT2D eigenvalue weighted by Gasteiger charge is 2.36. The molecule has 98 valence electrons. The van der Waals surface area contributed by atoms with E-state index in [1.165, 1.54) is 64.6 Å². The molecule has 0 amide bonds. The van der Waals surface area contributed by atoms with Gasteiger partial charge in [0.05, 0.1) is 0 Å². The van der Waals surface area contributed by atoms with Crippen LogP contribution in [-0.2, 0) is 0 Å². The zero-order valence-electron chi connectivity index (χ0n) is 11.3. The lowest BCUT2D eigenvalue weighted by molar-refractivity contribution is 0.0962. The van der Waals surface area contributed by atoms with Gasteiger partial charge in [-0.2, -0.15) is 0 Å². The Hall–Kier alpha value is -0.0800. The molecule has 2 saturated carbocycles. The predicted octanol–water partition coefficient (Wildman–Crippen LogP) is 2.64. The second kappa shape index (κ2) is 5.27. The number of nitrogens with one attached hydrogen (secondary N) is 1. The molecule has 0 aromatic rings. The first kappa shape index (κ1) is 12.0. The van der Waals surface area contributed by atoms with E-state index in [0.29, 0.717) is 0 Å². The Morgan fingerprint density at radius 1 is 1.06 bits per heavy atom. The summed E-state index contributed by atoms with van der Waals surface area (Å²) < 4.78 is 0. The predicted molar refractivity (Wildman–Crippen MR) is 72.1 cm³/mol. The highest BCUT2D eigenvalue weighted by molar-refractivity contribution is 4.93. The van der Waals surface area contributed by atoms with Gasteiger partial charge in [0.1, 0.15) is 0 Å². The fourth-order valence-corrected chi connectivity index (χ4v) is 3.87. The van der Waals surface area contributed by atoms with E-state index in [-0.39, 0.29) is 0 Å². The van der Waals surface area contributed by atoms with Crippen molar-refractivity contribution in [1.82, 2.24) is 10.2 Å². The van der Waals surface area contributed by atoms with E-state index in [2.05, 4.69) is 17.1 Å². The molecule has 3 rings (SSSR count). The number of hydrogen-bond donors (Lipinski definition) is 1. The molecule has 1 heterocycles. The minimum absolute atomic E-state index is 0.827. The Labute approximate surface area is 106 Å². The molecule has 1 N–H and O–H groups in total. The molecule has 3 aliphatic rings. The van der Waals surface area contributed by atoms with Gasteiger partial charge in [-0.15, -0.1) is 0 Å². The molecule has 3 fully saturated rings. The van der Waals surface area contributed by atoms with Crippen molar-refractivity contribution < 1.29 is 0 Å². The average molecular weight is 236 g/mol. The van der Waals surface area contributed by atoms with Crippen molar-refractivity contribution in [2.24, 2.45) is 11.8 Å². The van der Waals surface area contributed by atoms with E-state index >= 15 is 0 Å². The van der Waals surface area contributed by atoms with Crippen LogP contribution >= 0.6 is 0 Å². The fraction of sp³-hybridized carbons (Fsp3) is 1.00. The van der Waals surface area contributed by atoms with Crippen LogP contribution < -0.4 is 5.32 Å². The first-order valence-electron chi connectivity index (χ1n) is 7.84. The van der Waals surface area contributed by atoms with Gasteiger partial charge in [0.2, 0.25) is 0 Å². The average Bonchev–Trinajstić information content (AvgIpc) is 3.23. The van der Waals surface area contributed by atoms with Crippen LogP contribution in [0.4, 0.5) is 0 Å². The first-order valence-corrected chi connectivity index (χ1v) is 7.84. The Morgan fingerprint density at radius 2 is 1.82 bits per heavy atom. The topological polar surface area (TPSA) is 15.3 Å². The Kier molecular flexibility index (Phi) is 3.72. The van der Waals surface area contributed by atoms with Crippen LogP contribution in [0.25, 0.3) is 0 Å². The van der Waals surface area contributed by atoms with Crippen LogP contribution in [0.3, 0.4) is 0 Å². The largest absolute Gasteiger partial charge is 0.311 e. The third-order valence-corrected chi connectivity index (χ3v) is 5.34. The summed E-state index contributed by atoms with van der Waals surface area (Å²) in [5.74, 6) is 2.05. The number of hydrogen-bond acceptors (Lipinski definition) is 2. The van der Waals surface area contributed by atoms with E-state index in [1.807, 2.05) is 0 Å². The van der Waals surface area contributed by atoms with E-state index in [4.69, 9.17) is 0 Å². The summed E-state index contributed by atoms with van der Waals surface area (Å²) >= 11 is 0. The van der Waals surface area contributed by atoms with E-state index in [1.54, 1.807) is 0 Å². The van der Waals surface area contributed by atoms with Gasteiger partial charge in [-0.3, -0.25) is 4.90 Å². The van der Waals surface area contributed by atoms with Crippen molar-refractivity contribution in [2.75, 3.05) is 19.6 Å². The van der Waals surface area contributed by atoms with Gasteiger partial charge in [-0.1, -0.05) is 13.3 Å². The van der Waals surface area contributed by atoms with Crippen LogP contribution in [-0.4, -0.2) is 36.6 Å². The van der Waals surface area contributed by atoms with Crippen LogP contribution in [0.1, 0.15) is 51.9 Å². The summed E-state index contributed by atoms with van der Waals surface area (Å²) in [5, 5.41) is 3.73. The van der Waals surface area contributed by atoms with Crippen LogP contribution in [0.15, 0.2) is 0 Å². The van der Waals surface area contributed by atoms with Crippen molar-refractivity contribution in [2.45, 2.75) is 64.0 Å². The monoisotopic (exact) mass is 236 g/mol. The van der Waals surface area contributed by atoms with Crippen molar-refractivity contribution >= 4 is 0 Å². The maximum atomic E-state index is 3.73. The second-order valence-electron chi connectivity index (χ2n) is 6.48. The van der Waals surface area contributed by atoms with Gasteiger partial charge in [0.15, 0.2) is 0 Å². The Balaban J connectivity index is 1.50. The molecule has 0 radical (unpaired) electrons. The summed E-state index contributed by atoms with van der Waals surface area (Å²) in [6.07, 6.45) is 10.3. The molecule has 1 unspecified atom stereocenters. The van der Waals surface area contributed by atoms with Crippen LogP contribution in [0, 0.1) is 11.8 Å². The maximum absolute atomic E-state index is 3.73. The molecular formula is C15H28N2. The van der Waals surface area contributed by atoms with Gasteiger partial charge >= 0.3 is 0 Å². The van der Waals surface area contributed by atoms with E-state index < -0.39 is 0 Å². The zero-order chi connectivity index (χ0) is 11.7. The number of nitrogens with zero attached hydrogens (tertiary/aromatic N) is 1. The normalized spacial score (nSPS) is 40.4. The molecule has 0 bridgehead atoms. The summed E-state index contributed by atoms with van der Waals surface area (Å²) in [4.78, 5) is 2.81. The fourth-order valence-electron chi connectivity index (χ4n) is 3.87. The van der Waals surface area contributed by atoms with Gasteiger partial charge in [-0.25, -0.2) is 0 Å². The minimum Gasteiger partial charge on any atom is -0.311 e. The number of rotatable bonds is 3. The van der Waals surface area contributed by atoms with E-state index in [0.717, 1.165) is 23.9 Å². The molecule has 1 atom stereocenters. The van der Waals surface area contributed by atoms with Crippen molar-refractivity contribution in [1.29, 1.82) is 0 Å². The van der Waals surface area contributed by atoms with Gasteiger partial charge in [0.25, 0.3) is 0 Å².